The van der Waals surface area contributed by atoms with Gasteiger partial charge in [-0.1, -0.05) is 6.07 Å². The molecule has 8 nitrogen and oxygen atoms in total. The minimum atomic E-state index is -0.415. The first-order valence-corrected chi connectivity index (χ1v) is 13.1. The SMILES string of the molecule is O=[N+]([O-])c1ccc(-c2ccc([C@@H]3[C@H](c4ccccn4)NC(=S)N3c3ccc(OC4CCCC4)cc3)o2)cc1. The van der Waals surface area contributed by atoms with Gasteiger partial charge in [0.25, 0.3) is 5.69 Å². The Kier molecular flexibility index (Phi) is 6.51. The van der Waals surface area contributed by atoms with Crippen LogP contribution in [-0.2, 0) is 0 Å². The molecule has 9 heteroatoms. The van der Waals surface area contributed by atoms with Crippen molar-refractivity contribution >= 4 is 28.7 Å². The van der Waals surface area contributed by atoms with Crippen LogP contribution in [0.2, 0.25) is 0 Å². The van der Waals surface area contributed by atoms with Gasteiger partial charge in [0.15, 0.2) is 5.11 Å². The number of rotatable bonds is 7. The predicted molar refractivity (Wildman–Crippen MR) is 148 cm³/mol. The molecule has 4 aromatic rings. The molecule has 3 heterocycles. The van der Waals surface area contributed by atoms with Gasteiger partial charge in [-0.3, -0.25) is 15.1 Å². The van der Waals surface area contributed by atoms with Crippen LogP contribution < -0.4 is 15.0 Å². The number of hydrogen-bond acceptors (Lipinski definition) is 6. The highest BCUT2D eigenvalue weighted by Gasteiger charge is 2.42. The third-order valence-electron chi connectivity index (χ3n) is 7.10. The minimum Gasteiger partial charge on any atom is -0.490 e. The first-order chi connectivity index (χ1) is 18.6. The highest BCUT2D eigenvalue weighted by atomic mass is 32.1. The lowest BCUT2D eigenvalue weighted by Gasteiger charge is -2.26. The van der Waals surface area contributed by atoms with E-state index in [-0.39, 0.29) is 23.9 Å². The summed E-state index contributed by atoms with van der Waals surface area (Å²) in [6.45, 7) is 0. The molecule has 6 rings (SSSR count). The zero-order chi connectivity index (χ0) is 26.1. The number of ether oxygens (including phenoxy) is 1. The van der Waals surface area contributed by atoms with Gasteiger partial charge in [0.1, 0.15) is 23.3 Å². The average Bonchev–Trinajstić information content (AvgIpc) is 3.70. The summed E-state index contributed by atoms with van der Waals surface area (Å²) in [4.78, 5) is 17.3. The van der Waals surface area contributed by atoms with E-state index in [0.29, 0.717) is 16.6 Å². The number of nitro groups is 1. The molecule has 0 bridgehead atoms. The molecule has 1 saturated heterocycles. The molecular formula is C29H26N4O4S. The number of nitrogens with one attached hydrogen (secondary N) is 1. The molecule has 2 aromatic carbocycles. The number of nitrogens with zero attached hydrogens (tertiary/aromatic N) is 3. The molecule has 2 aliphatic rings. The first kappa shape index (κ1) is 24.1. The maximum absolute atomic E-state index is 11.0. The normalized spacial score (nSPS) is 19.5. The number of furan rings is 1. The number of non-ortho nitro benzene ring substituents is 1. The molecule has 1 N–H and O–H groups in total. The minimum absolute atomic E-state index is 0.0348. The van der Waals surface area contributed by atoms with Crippen LogP contribution in [0.4, 0.5) is 11.4 Å². The summed E-state index contributed by atoms with van der Waals surface area (Å²) in [6.07, 6.45) is 6.70. The molecule has 192 valence electrons. The van der Waals surface area contributed by atoms with E-state index in [1.165, 1.54) is 25.0 Å². The van der Waals surface area contributed by atoms with Gasteiger partial charge >= 0.3 is 0 Å². The lowest BCUT2D eigenvalue weighted by Crippen LogP contribution is -2.29. The van der Waals surface area contributed by atoms with Crippen molar-refractivity contribution in [2.75, 3.05) is 4.90 Å². The molecule has 0 unspecified atom stereocenters. The molecule has 2 atom stereocenters. The maximum atomic E-state index is 11.0. The maximum Gasteiger partial charge on any atom is 0.269 e. The van der Waals surface area contributed by atoms with Crippen LogP contribution in [0.15, 0.2) is 89.5 Å². The topological polar surface area (TPSA) is 93.7 Å². The Labute approximate surface area is 225 Å². The number of thiocarbonyl (C=S) groups is 1. The van der Waals surface area contributed by atoms with E-state index >= 15 is 0 Å². The fourth-order valence-electron chi connectivity index (χ4n) is 5.22. The van der Waals surface area contributed by atoms with Crippen molar-refractivity contribution in [3.05, 3.63) is 107 Å². The van der Waals surface area contributed by atoms with E-state index in [2.05, 4.69) is 10.3 Å². The summed E-state index contributed by atoms with van der Waals surface area (Å²) in [5.41, 5.74) is 2.55. The van der Waals surface area contributed by atoms with Gasteiger partial charge in [-0.2, -0.15) is 0 Å². The summed E-state index contributed by atoms with van der Waals surface area (Å²) >= 11 is 5.81. The van der Waals surface area contributed by atoms with Crippen molar-refractivity contribution < 1.29 is 14.1 Å². The van der Waals surface area contributed by atoms with E-state index in [9.17, 15) is 10.1 Å². The van der Waals surface area contributed by atoms with Gasteiger partial charge in [-0.15, -0.1) is 0 Å². The number of nitro benzene ring substituents is 1. The molecule has 1 aliphatic heterocycles. The molecule has 2 aromatic heterocycles. The number of hydrogen-bond donors (Lipinski definition) is 1. The number of aromatic nitrogens is 1. The fraction of sp³-hybridized carbons (Fsp3) is 0.241. The molecule has 0 amide bonds. The Morgan fingerprint density at radius 3 is 2.45 bits per heavy atom. The van der Waals surface area contributed by atoms with E-state index < -0.39 is 4.92 Å². The van der Waals surface area contributed by atoms with Gasteiger partial charge < -0.3 is 19.4 Å². The predicted octanol–water partition coefficient (Wildman–Crippen LogP) is 6.75. The van der Waals surface area contributed by atoms with Gasteiger partial charge in [-0.25, -0.2) is 0 Å². The van der Waals surface area contributed by atoms with Crippen LogP contribution in [0.5, 0.6) is 5.75 Å². The lowest BCUT2D eigenvalue weighted by atomic mass is 10.0. The lowest BCUT2D eigenvalue weighted by molar-refractivity contribution is -0.384. The van der Waals surface area contributed by atoms with Gasteiger partial charge in [-0.05, 0) is 98.6 Å². The first-order valence-electron chi connectivity index (χ1n) is 12.7. The zero-order valence-electron chi connectivity index (χ0n) is 20.5. The van der Waals surface area contributed by atoms with E-state index in [1.54, 1.807) is 18.3 Å². The quantitative estimate of drug-likeness (QED) is 0.161. The Morgan fingerprint density at radius 1 is 1.00 bits per heavy atom. The summed E-state index contributed by atoms with van der Waals surface area (Å²) < 4.78 is 12.5. The van der Waals surface area contributed by atoms with Crippen molar-refractivity contribution in [3.8, 4) is 17.1 Å². The Balaban J connectivity index is 1.33. The largest absolute Gasteiger partial charge is 0.490 e. The number of benzene rings is 2. The van der Waals surface area contributed by atoms with Crippen LogP contribution in [0.1, 0.15) is 49.2 Å². The van der Waals surface area contributed by atoms with Gasteiger partial charge in [0, 0.05) is 29.6 Å². The van der Waals surface area contributed by atoms with Crippen molar-refractivity contribution in [2.45, 2.75) is 43.9 Å². The van der Waals surface area contributed by atoms with Crippen molar-refractivity contribution in [1.29, 1.82) is 0 Å². The molecule has 38 heavy (non-hydrogen) atoms. The molecule has 0 spiro atoms. The average molecular weight is 527 g/mol. The van der Waals surface area contributed by atoms with E-state index in [0.717, 1.165) is 35.5 Å². The van der Waals surface area contributed by atoms with Crippen molar-refractivity contribution in [2.24, 2.45) is 0 Å². The van der Waals surface area contributed by atoms with Crippen LogP contribution >= 0.6 is 12.2 Å². The Morgan fingerprint density at radius 2 is 1.76 bits per heavy atom. The van der Waals surface area contributed by atoms with Gasteiger partial charge in [0.2, 0.25) is 0 Å². The third-order valence-corrected chi connectivity index (χ3v) is 7.41. The third kappa shape index (κ3) is 4.72. The Bertz CT molecular complexity index is 1430. The second-order valence-corrected chi connectivity index (χ2v) is 9.91. The summed E-state index contributed by atoms with van der Waals surface area (Å²) in [5, 5.41) is 15.1. The van der Waals surface area contributed by atoms with Crippen LogP contribution in [0.3, 0.4) is 0 Å². The summed E-state index contributed by atoms with van der Waals surface area (Å²) in [6, 6.07) is 23.4. The Hall–Kier alpha value is -4.24. The monoisotopic (exact) mass is 526 g/mol. The number of pyridine rings is 1. The van der Waals surface area contributed by atoms with Crippen molar-refractivity contribution in [3.63, 3.8) is 0 Å². The highest BCUT2D eigenvalue weighted by molar-refractivity contribution is 7.80. The molecule has 1 saturated carbocycles. The molecular weight excluding hydrogens is 500 g/mol. The molecule has 0 radical (unpaired) electrons. The fourth-order valence-corrected chi connectivity index (χ4v) is 5.57. The molecule has 2 fully saturated rings. The standard InChI is InChI=1S/C29H26N4O4S/c34-33(35)21-10-8-19(9-11-21)25-16-17-26(37-25)28-27(24-7-3-4-18-30-24)31-29(38)32(28)20-12-14-23(15-13-20)36-22-5-1-2-6-22/h3-4,7-18,22,27-28H,1-2,5-6H2,(H,31,38)/t27-,28+/m0/s1. The second kappa shape index (κ2) is 10.3. The van der Waals surface area contributed by atoms with Crippen LogP contribution in [0.25, 0.3) is 11.3 Å². The van der Waals surface area contributed by atoms with E-state index in [4.69, 9.17) is 21.4 Å². The smallest absolute Gasteiger partial charge is 0.269 e. The number of anilines is 1. The zero-order valence-corrected chi connectivity index (χ0v) is 21.3. The molecule has 1 aliphatic carbocycles. The summed E-state index contributed by atoms with van der Waals surface area (Å²) in [5.74, 6) is 2.18. The van der Waals surface area contributed by atoms with Crippen molar-refractivity contribution in [1.82, 2.24) is 10.3 Å². The highest BCUT2D eigenvalue weighted by Crippen LogP contribution is 2.43. The van der Waals surface area contributed by atoms with Crippen LogP contribution in [0, 0.1) is 10.1 Å². The van der Waals surface area contributed by atoms with E-state index in [1.807, 2.05) is 59.5 Å². The summed E-state index contributed by atoms with van der Waals surface area (Å²) in [7, 11) is 0. The second-order valence-electron chi connectivity index (χ2n) is 9.52. The van der Waals surface area contributed by atoms with Gasteiger partial charge in [0.05, 0.1) is 22.8 Å². The van der Waals surface area contributed by atoms with Crippen LogP contribution in [-0.4, -0.2) is 21.1 Å².